The predicted molar refractivity (Wildman–Crippen MR) is 78.0 cm³/mol. The highest BCUT2D eigenvalue weighted by Crippen LogP contribution is 2.17. The minimum absolute atomic E-state index is 0.0445. The molecule has 0 spiro atoms. The van der Waals surface area contributed by atoms with Crippen LogP contribution < -0.4 is 10.1 Å². The lowest BCUT2D eigenvalue weighted by Gasteiger charge is -2.13. The highest BCUT2D eigenvalue weighted by atomic mass is 32.1. The lowest BCUT2D eigenvalue weighted by atomic mass is 10.2. The Bertz CT molecular complexity index is 596. The van der Waals surface area contributed by atoms with Gasteiger partial charge in [-0.3, -0.25) is 4.79 Å². The van der Waals surface area contributed by atoms with E-state index >= 15 is 0 Å². The Morgan fingerprint density at radius 2 is 2.25 bits per heavy atom. The number of rotatable bonds is 5. The zero-order chi connectivity index (χ0) is 14.5. The number of thiazole rings is 1. The zero-order valence-corrected chi connectivity index (χ0v) is 12.5. The Morgan fingerprint density at radius 3 is 2.90 bits per heavy atom. The molecule has 5 nitrogen and oxygen atoms in total. The first-order valence-electron chi connectivity index (χ1n) is 6.36. The van der Waals surface area contributed by atoms with Crippen molar-refractivity contribution in [2.45, 2.75) is 33.4 Å². The molecule has 2 aromatic rings. The zero-order valence-electron chi connectivity index (χ0n) is 11.7. The summed E-state index contributed by atoms with van der Waals surface area (Å²) in [6.45, 7) is 6.09. The van der Waals surface area contributed by atoms with Gasteiger partial charge in [0, 0.05) is 18.3 Å². The maximum atomic E-state index is 12.0. The van der Waals surface area contributed by atoms with E-state index in [1.54, 1.807) is 11.7 Å². The average Bonchev–Trinajstić information content (AvgIpc) is 2.83. The number of hydrogen-bond donors (Lipinski definition) is 1. The molecule has 0 fully saturated rings. The molecule has 1 amide bonds. The van der Waals surface area contributed by atoms with Crippen LogP contribution in [-0.2, 0) is 6.54 Å². The van der Waals surface area contributed by atoms with Gasteiger partial charge in [-0.15, -0.1) is 11.3 Å². The van der Waals surface area contributed by atoms with E-state index in [4.69, 9.17) is 4.74 Å². The van der Waals surface area contributed by atoms with Crippen LogP contribution in [0.15, 0.2) is 23.8 Å². The van der Waals surface area contributed by atoms with Crippen molar-refractivity contribution in [1.82, 2.24) is 15.3 Å². The summed E-state index contributed by atoms with van der Waals surface area (Å²) < 4.78 is 5.62. The first-order valence-corrected chi connectivity index (χ1v) is 7.24. The van der Waals surface area contributed by atoms with Crippen LogP contribution in [0.5, 0.6) is 5.88 Å². The number of pyridine rings is 1. The number of aryl methyl sites for hydroxylation is 1. The van der Waals surface area contributed by atoms with E-state index in [9.17, 15) is 4.79 Å². The molecule has 2 aromatic heterocycles. The van der Waals surface area contributed by atoms with Gasteiger partial charge in [-0.1, -0.05) is 6.07 Å². The van der Waals surface area contributed by atoms with Crippen molar-refractivity contribution in [3.63, 3.8) is 0 Å². The van der Waals surface area contributed by atoms with Crippen molar-refractivity contribution < 1.29 is 9.53 Å². The van der Waals surface area contributed by atoms with Gasteiger partial charge in [0.05, 0.1) is 17.3 Å². The van der Waals surface area contributed by atoms with Crippen molar-refractivity contribution in [2.24, 2.45) is 0 Å². The van der Waals surface area contributed by atoms with Crippen LogP contribution >= 0.6 is 11.3 Å². The van der Waals surface area contributed by atoms with Crippen molar-refractivity contribution in [2.75, 3.05) is 0 Å². The van der Waals surface area contributed by atoms with E-state index in [-0.39, 0.29) is 12.0 Å². The van der Waals surface area contributed by atoms with Gasteiger partial charge >= 0.3 is 0 Å². The van der Waals surface area contributed by atoms with Crippen LogP contribution in [0.25, 0.3) is 0 Å². The predicted octanol–water partition coefficient (Wildman–Crippen LogP) is 2.56. The summed E-state index contributed by atoms with van der Waals surface area (Å²) in [5.41, 5.74) is 3.27. The van der Waals surface area contributed by atoms with Crippen LogP contribution in [0.3, 0.4) is 0 Å². The second-order valence-electron chi connectivity index (χ2n) is 4.58. The van der Waals surface area contributed by atoms with Gasteiger partial charge in [0.1, 0.15) is 4.88 Å². The van der Waals surface area contributed by atoms with E-state index in [0.29, 0.717) is 17.3 Å². The van der Waals surface area contributed by atoms with Crippen LogP contribution in [0.1, 0.15) is 34.8 Å². The summed E-state index contributed by atoms with van der Waals surface area (Å²) in [6, 6.07) is 3.72. The molecule has 2 rings (SSSR count). The number of hydrogen-bond acceptors (Lipinski definition) is 5. The van der Waals surface area contributed by atoms with Gasteiger partial charge in [-0.25, -0.2) is 9.97 Å². The molecule has 20 heavy (non-hydrogen) atoms. The van der Waals surface area contributed by atoms with Gasteiger partial charge < -0.3 is 10.1 Å². The van der Waals surface area contributed by atoms with Crippen LogP contribution in [-0.4, -0.2) is 22.0 Å². The molecule has 0 aliphatic carbocycles. The molecule has 0 unspecified atom stereocenters. The van der Waals surface area contributed by atoms with E-state index in [1.165, 1.54) is 11.3 Å². The molecule has 0 radical (unpaired) electrons. The lowest BCUT2D eigenvalue weighted by molar-refractivity contribution is 0.0953. The maximum Gasteiger partial charge on any atom is 0.263 e. The maximum absolute atomic E-state index is 12.0. The largest absolute Gasteiger partial charge is 0.475 e. The molecule has 106 valence electrons. The Balaban J connectivity index is 2.04. The molecule has 0 bridgehead atoms. The standard InChI is InChI=1S/C14H17N3O2S/c1-9(2)19-14-11(5-4-6-15-14)7-16-13(18)12-10(3)17-8-20-12/h4-6,8-9H,7H2,1-3H3,(H,16,18). The molecular weight excluding hydrogens is 274 g/mol. The summed E-state index contributed by atoms with van der Waals surface area (Å²) in [6.07, 6.45) is 1.72. The summed E-state index contributed by atoms with van der Waals surface area (Å²) in [5.74, 6) is 0.438. The minimum atomic E-state index is -0.121. The Kier molecular flexibility index (Phi) is 4.68. The third-order valence-corrected chi connectivity index (χ3v) is 3.52. The Hall–Kier alpha value is -1.95. The van der Waals surface area contributed by atoms with Crippen molar-refractivity contribution in [3.8, 4) is 5.88 Å². The first-order chi connectivity index (χ1) is 9.58. The Morgan fingerprint density at radius 1 is 1.45 bits per heavy atom. The fourth-order valence-corrected chi connectivity index (χ4v) is 2.38. The molecule has 0 atom stereocenters. The lowest BCUT2D eigenvalue weighted by Crippen LogP contribution is -2.23. The molecule has 1 N–H and O–H groups in total. The second-order valence-corrected chi connectivity index (χ2v) is 5.44. The summed E-state index contributed by atoms with van der Waals surface area (Å²) >= 11 is 1.34. The molecule has 0 aromatic carbocycles. The molecule has 0 saturated carbocycles. The number of ether oxygens (including phenoxy) is 1. The number of carbonyl (C=O) groups is 1. The van der Waals surface area contributed by atoms with Crippen LogP contribution in [0, 0.1) is 6.92 Å². The number of nitrogens with zero attached hydrogens (tertiary/aromatic N) is 2. The Labute approximate surface area is 122 Å². The van der Waals surface area contributed by atoms with Gasteiger partial charge in [0.25, 0.3) is 5.91 Å². The van der Waals surface area contributed by atoms with E-state index in [1.807, 2.05) is 32.9 Å². The highest BCUT2D eigenvalue weighted by Gasteiger charge is 2.13. The molecule has 6 heteroatoms. The normalized spacial score (nSPS) is 10.6. The molecule has 2 heterocycles. The topological polar surface area (TPSA) is 64.1 Å². The van der Waals surface area contributed by atoms with E-state index in [0.717, 1.165) is 11.3 Å². The number of carbonyl (C=O) groups excluding carboxylic acids is 1. The van der Waals surface area contributed by atoms with Crippen LogP contribution in [0.4, 0.5) is 0 Å². The van der Waals surface area contributed by atoms with Gasteiger partial charge in [0.15, 0.2) is 0 Å². The monoisotopic (exact) mass is 291 g/mol. The smallest absolute Gasteiger partial charge is 0.263 e. The summed E-state index contributed by atoms with van der Waals surface area (Å²) in [5, 5.41) is 2.87. The summed E-state index contributed by atoms with van der Waals surface area (Å²) in [7, 11) is 0. The fourth-order valence-electron chi connectivity index (χ4n) is 1.66. The SMILES string of the molecule is Cc1ncsc1C(=O)NCc1cccnc1OC(C)C. The molecular formula is C14H17N3O2S. The van der Waals surface area contributed by atoms with Gasteiger partial charge in [-0.2, -0.15) is 0 Å². The van der Waals surface area contributed by atoms with Crippen molar-refractivity contribution in [3.05, 3.63) is 40.0 Å². The second kappa shape index (κ2) is 6.47. The van der Waals surface area contributed by atoms with Gasteiger partial charge in [-0.05, 0) is 26.8 Å². The third kappa shape index (κ3) is 3.54. The van der Waals surface area contributed by atoms with Crippen LogP contribution in [0.2, 0.25) is 0 Å². The highest BCUT2D eigenvalue weighted by molar-refractivity contribution is 7.11. The number of amides is 1. The third-order valence-electron chi connectivity index (χ3n) is 2.59. The molecule has 0 saturated heterocycles. The van der Waals surface area contributed by atoms with Gasteiger partial charge in [0.2, 0.25) is 5.88 Å². The quantitative estimate of drug-likeness (QED) is 0.919. The van der Waals surface area contributed by atoms with Crippen molar-refractivity contribution in [1.29, 1.82) is 0 Å². The van der Waals surface area contributed by atoms with Crippen molar-refractivity contribution >= 4 is 17.2 Å². The van der Waals surface area contributed by atoms with E-state index < -0.39 is 0 Å². The summed E-state index contributed by atoms with van der Waals surface area (Å²) in [4.78, 5) is 20.9. The fraction of sp³-hybridized carbons (Fsp3) is 0.357. The first kappa shape index (κ1) is 14.5. The van der Waals surface area contributed by atoms with E-state index in [2.05, 4.69) is 15.3 Å². The average molecular weight is 291 g/mol. The number of nitrogens with one attached hydrogen (secondary N) is 1. The minimum Gasteiger partial charge on any atom is -0.475 e. The molecule has 0 aliphatic rings. The molecule has 0 aliphatic heterocycles. The number of aromatic nitrogens is 2.